The molecule has 2 N–H and O–H groups in total. The van der Waals surface area contributed by atoms with E-state index in [9.17, 15) is 9.18 Å². The van der Waals surface area contributed by atoms with Crippen molar-refractivity contribution >= 4 is 28.9 Å². The number of carbonyl (C=O) groups is 1. The number of anilines is 2. The van der Waals surface area contributed by atoms with Crippen molar-refractivity contribution in [3.05, 3.63) is 52.6 Å². The first kappa shape index (κ1) is 15.4. The molecule has 24 heavy (non-hydrogen) atoms. The van der Waals surface area contributed by atoms with Crippen LogP contribution in [0.2, 0.25) is 5.02 Å². The summed E-state index contributed by atoms with van der Waals surface area (Å²) in [6.07, 6.45) is 0.440. The summed E-state index contributed by atoms with van der Waals surface area (Å²) in [5.74, 6) is -1.07. The quantitative estimate of drug-likeness (QED) is 0.906. The molecule has 2 aliphatic heterocycles. The van der Waals surface area contributed by atoms with Crippen molar-refractivity contribution in [1.82, 2.24) is 4.98 Å². The van der Waals surface area contributed by atoms with E-state index in [2.05, 4.69) is 4.98 Å². The van der Waals surface area contributed by atoms with Gasteiger partial charge in [-0.1, -0.05) is 11.6 Å². The predicted octanol–water partition coefficient (Wildman–Crippen LogP) is 3.13. The highest BCUT2D eigenvalue weighted by atomic mass is 35.5. The van der Waals surface area contributed by atoms with Crippen LogP contribution in [0.15, 0.2) is 30.3 Å². The highest BCUT2D eigenvalue weighted by molar-refractivity contribution is 6.30. The number of benzene rings is 1. The van der Waals surface area contributed by atoms with Crippen LogP contribution >= 0.6 is 11.6 Å². The van der Waals surface area contributed by atoms with Crippen molar-refractivity contribution in [3.63, 3.8) is 0 Å². The molecule has 0 saturated carbocycles. The van der Waals surface area contributed by atoms with Crippen molar-refractivity contribution in [3.8, 4) is 0 Å². The lowest BCUT2D eigenvalue weighted by atomic mass is 9.85. The van der Waals surface area contributed by atoms with Gasteiger partial charge in [-0.3, -0.25) is 4.79 Å². The third-order valence-electron chi connectivity index (χ3n) is 4.78. The zero-order valence-corrected chi connectivity index (χ0v) is 13.7. The summed E-state index contributed by atoms with van der Waals surface area (Å²) >= 11 is 5.79. The van der Waals surface area contributed by atoms with Gasteiger partial charge in [-0.25, -0.2) is 9.37 Å². The molecule has 5 nitrogen and oxygen atoms in total. The molecule has 0 radical (unpaired) electrons. The average Bonchev–Trinajstić information content (AvgIpc) is 3.03. The minimum atomic E-state index is -0.576. The molecule has 3 heterocycles. The number of carbonyl (C=O) groups excluding carboxylic acids is 1. The van der Waals surface area contributed by atoms with Gasteiger partial charge in [-0.05, 0) is 43.7 Å². The van der Waals surface area contributed by atoms with E-state index < -0.39 is 17.1 Å². The van der Waals surface area contributed by atoms with Crippen LogP contribution in [0.3, 0.4) is 0 Å². The summed E-state index contributed by atoms with van der Waals surface area (Å²) < 4.78 is 19.9. The van der Waals surface area contributed by atoms with Gasteiger partial charge in [0, 0.05) is 5.69 Å². The van der Waals surface area contributed by atoms with E-state index in [4.69, 9.17) is 22.1 Å². The lowest BCUT2D eigenvalue weighted by Gasteiger charge is -2.29. The number of primary amides is 1. The number of nitrogens with two attached hydrogens (primary N) is 1. The molecule has 2 aromatic rings. The number of aromatic nitrogens is 1. The number of hydrogen-bond acceptors (Lipinski definition) is 4. The molecule has 1 amide bonds. The maximum absolute atomic E-state index is 13.9. The minimum Gasteiger partial charge on any atom is -0.364 e. The standard InChI is InChI=1S/C17H15ClFN3O2/c1-17-6-7-24-16(17)22(9-2-3-10(18)11(19)8-9)13-5-4-12(15(20)23)21-14(13)17/h2-5,8,16H,6-7H2,1H3,(H2,20,23)/t16-,17-/m0/s1. The Kier molecular flexibility index (Phi) is 3.30. The fraction of sp³-hybridized carbons (Fsp3) is 0.294. The summed E-state index contributed by atoms with van der Waals surface area (Å²) in [7, 11) is 0. The third-order valence-corrected chi connectivity index (χ3v) is 5.09. The van der Waals surface area contributed by atoms with Gasteiger partial charge in [0.2, 0.25) is 0 Å². The Morgan fingerprint density at radius 2 is 2.25 bits per heavy atom. The van der Waals surface area contributed by atoms with Crippen LogP contribution in [0.1, 0.15) is 29.5 Å². The van der Waals surface area contributed by atoms with Gasteiger partial charge in [-0.15, -0.1) is 0 Å². The van der Waals surface area contributed by atoms with E-state index in [1.165, 1.54) is 12.1 Å². The van der Waals surface area contributed by atoms with Crippen molar-refractivity contribution in [1.29, 1.82) is 0 Å². The summed E-state index contributed by atoms with van der Waals surface area (Å²) in [4.78, 5) is 17.9. The molecule has 1 fully saturated rings. The van der Waals surface area contributed by atoms with Crippen LogP contribution in [-0.4, -0.2) is 23.7 Å². The summed E-state index contributed by atoms with van der Waals surface area (Å²) in [5, 5.41) is 0.0653. The summed E-state index contributed by atoms with van der Waals surface area (Å²) in [6, 6.07) is 7.99. The SMILES string of the molecule is C[C@@]12CCO[C@@H]1N(c1ccc(Cl)c(F)c1)c1ccc(C(N)=O)nc12. The smallest absolute Gasteiger partial charge is 0.267 e. The Hall–Kier alpha value is -2.18. The Morgan fingerprint density at radius 1 is 1.46 bits per heavy atom. The molecule has 2 aliphatic rings. The number of ether oxygens (including phenoxy) is 1. The summed E-state index contributed by atoms with van der Waals surface area (Å²) in [6.45, 7) is 2.60. The highest BCUT2D eigenvalue weighted by Crippen LogP contribution is 2.53. The van der Waals surface area contributed by atoms with Gasteiger partial charge >= 0.3 is 0 Å². The number of amides is 1. The van der Waals surface area contributed by atoms with E-state index in [0.717, 1.165) is 17.8 Å². The van der Waals surface area contributed by atoms with Crippen LogP contribution in [-0.2, 0) is 10.2 Å². The van der Waals surface area contributed by atoms with Crippen LogP contribution in [0.4, 0.5) is 15.8 Å². The van der Waals surface area contributed by atoms with E-state index in [1.807, 2.05) is 11.8 Å². The van der Waals surface area contributed by atoms with Gasteiger partial charge in [0.15, 0.2) is 0 Å². The first-order valence-electron chi connectivity index (χ1n) is 7.59. The molecule has 1 aromatic heterocycles. The predicted molar refractivity (Wildman–Crippen MR) is 88.0 cm³/mol. The molecule has 4 rings (SSSR count). The fourth-order valence-electron chi connectivity index (χ4n) is 3.52. The first-order chi connectivity index (χ1) is 11.4. The maximum Gasteiger partial charge on any atom is 0.267 e. The summed E-state index contributed by atoms with van der Waals surface area (Å²) in [5.41, 5.74) is 7.34. The highest BCUT2D eigenvalue weighted by Gasteiger charge is 2.54. The first-order valence-corrected chi connectivity index (χ1v) is 7.97. The Labute approximate surface area is 143 Å². The molecular formula is C17H15ClFN3O2. The van der Waals surface area contributed by atoms with Crippen molar-refractivity contribution in [2.75, 3.05) is 11.5 Å². The van der Waals surface area contributed by atoms with E-state index >= 15 is 0 Å². The number of pyridine rings is 1. The second kappa shape index (κ2) is 5.16. The average molecular weight is 348 g/mol. The largest absolute Gasteiger partial charge is 0.364 e. The van der Waals surface area contributed by atoms with Gasteiger partial charge in [0.25, 0.3) is 5.91 Å². The molecule has 0 spiro atoms. The van der Waals surface area contributed by atoms with E-state index in [0.29, 0.717) is 12.3 Å². The number of halogens is 2. The van der Waals surface area contributed by atoms with Gasteiger partial charge < -0.3 is 15.4 Å². The Balaban J connectivity index is 1.90. The fourth-order valence-corrected chi connectivity index (χ4v) is 3.64. The minimum absolute atomic E-state index is 0.0653. The van der Waals surface area contributed by atoms with Gasteiger partial charge in [0.1, 0.15) is 17.7 Å². The van der Waals surface area contributed by atoms with Crippen molar-refractivity contribution < 1.29 is 13.9 Å². The molecule has 2 atom stereocenters. The molecule has 1 saturated heterocycles. The number of nitrogens with zero attached hydrogens (tertiary/aromatic N) is 2. The molecule has 7 heteroatoms. The molecule has 1 aromatic carbocycles. The lowest BCUT2D eigenvalue weighted by molar-refractivity contribution is 0.0950. The van der Waals surface area contributed by atoms with Crippen LogP contribution in [0, 0.1) is 5.82 Å². The van der Waals surface area contributed by atoms with Gasteiger partial charge in [-0.2, -0.15) is 0 Å². The topological polar surface area (TPSA) is 68.5 Å². The molecule has 0 aliphatic carbocycles. The molecular weight excluding hydrogens is 333 g/mol. The second-order valence-corrected chi connectivity index (χ2v) is 6.69. The van der Waals surface area contributed by atoms with Gasteiger partial charge in [0.05, 0.1) is 28.4 Å². The van der Waals surface area contributed by atoms with Crippen LogP contribution < -0.4 is 10.6 Å². The molecule has 0 unspecified atom stereocenters. The van der Waals surface area contributed by atoms with Crippen molar-refractivity contribution in [2.24, 2.45) is 5.73 Å². The number of fused-ring (bicyclic) bond motifs is 3. The Morgan fingerprint density at radius 3 is 2.96 bits per heavy atom. The molecule has 124 valence electrons. The third kappa shape index (κ3) is 2.03. The zero-order valence-electron chi connectivity index (χ0n) is 12.9. The zero-order chi connectivity index (χ0) is 17.1. The van der Waals surface area contributed by atoms with E-state index in [-0.39, 0.29) is 16.9 Å². The monoisotopic (exact) mass is 347 g/mol. The second-order valence-electron chi connectivity index (χ2n) is 6.29. The maximum atomic E-state index is 13.9. The van der Waals surface area contributed by atoms with E-state index in [1.54, 1.807) is 18.2 Å². The Bertz CT molecular complexity index is 860. The van der Waals surface area contributed by atoms with Crippen LogP contribution in [0.25, 0.3) is 0 Å². The number of rotatable bonds is 2. The number of hydrogen-bond donors (Lipinski definition) is 1. The molecule has 0 bridgehead atoms. The normalized spacial score (nSPS) is 24.8. The van der Waals surface area contributed by atoms with Crippen molar-refractivity contribution in [2.45, 2.75) is 25.0 Å². The lowest BCUT2D eigenvalue weighted by Crippen LogP contribution is -2.37. The van der Waals surface area contributed by atoms with Crippen LogP contribution in [0.5, 0.6) is 0 Å².